The van der Waals surface area contributed by atoms with Crippen LogP contribution in [-0.4, -0.2) is 61.0 Å². The molecule has 0 aromatic carbocycles. The van der Waals surface area contributed by atoms with Gasteiger partial charge in [0, 0.05) is 0 Å². The zero-order chi connectivity index (χ0) is 16.8. The molecule has 0 saturated carbocycles. The predicted octanol–water partition coefficient (Wildman–Crippen LogP) is -1.20. The van der Waals surface area contributed by atoms with Crippen molar-refractivity contribution in [1.29, 1.82) is 0 Å². The quantitative estimate of drug-likeness (QED) is 0.413. The monoisotopic (exact) mass is 347 g/mol. The van der Waals surface area contributed by atoms with E-state index in [4.69, 9.17) is 20.3 Å². The summed E-state index contributed by atoms with van der Waals surface area (Å²) in [5.74, 6) is 0.121. The van der Waals surface area contributed by atoms with Crippen LogP contribution in [0.2, 0.25) is 0 Å². The van der Waals surface area contributed by atoms with Gasteiger partial charge in [-0.25, -0.2) is 14.5 Å². The Kier molecular flexibility index (Phi) is 4.14. The number of phosphoric acid groups is 1. The Balaban J connectivity index is 1.77. The normalized spacial score (nSPS) is 33.1. The Labute approximate surface area is 129 Å². The number of hydrogen-bond donors (Lipinski definition) is 5. The Bertz CT molecular complexity index is 682. The van der Waals surface area contributed by atoms with E-state index in [9.17, 15) is 14.8 Å². The molecule has 23 heavy (non-hydrogen) atoms. The Morgan fingerprint density at radius 3 is 2.74 bits per heavy atom. The van der Waals surface area contributed by atoms with Crippen molar-refractivity contribution in [3.8, 4) is 0 Å². The van der Waals surface area contributed by atoms with Crippen LogP contribution >= 0.6 is 7.82 Å². The van der Waals surface area contributed by atoms with Gasteiger partial charge in [-0.1, -0.05) is 0 Å². The van der Waals surface area contributed by atoms with Gasteiger partial charge in [0.15, 0.2) is 11.5 Å². The largest absolute Gasteiger partial charge is 0.469 e. The van der Waals surface area contributed by atoms with Crippen LogP contribution in [-0.2, 0) is 13.8 Å². The lowest BCUT2D eigenvalue weighted by Gasteiger charge is -2.18. The van der Waals surface area contributed by atoms with E-state index in [2.05, 4.69) is 24.7 Å². The van der Waals surface area contributed by atoms with Crippen molar-refractivity contribution in [3.63, 3.8) is 0 Å². The van der Waals surface area contributed by atoms with Gasteiger partial charge in [-0.05, 0) is 0 Å². The number of aliphatic hydroxyl groups excluding tert-OH is 2. The zero-order valence-corrected chi connectivity index (χ0v) is 12.4. The number of nitrogens with two attached hydrogens (primary N) is 1. The summed E-state index contributed by atoms with van der Waals surface area (Å²) < 4.78 is 20.5. The highest BCUT2D eigenvalue weighted by Crippen LogP contribution is 2.44. The fourth-order valence-electron chi connectivity index (χ4n) is 2.47. The number of hydrogen-bond acceptors (Lipinski definition) is 10. The third kappa shape index (κ3) is 3.10. The number of nitrogens with zero attached hydrogens (tertiary/aromatic N) is 4. The molecule has 5 unspecified atom stereocenters. The van der Waals surface area contributed by atoms with E-state index in [-0.39, 0.29) is 11.5 Å². The second kappa shape index (κ2) is 5.83. The second-order valence-electron chi connectivity index (χ2n) is 5.06. The van der Waals surface area contributed by atoms with Crippen molar-refractivity contribution in [2.45, 2.75) is 30.5 Å². The summed E-state index contributed by atoms with van der Waals surface area (Å²) in [6.45, 7) is -0.596. The molecule has 1 aromatic heterocycles. The number of fused-ring (bicyclic) bond motifs is 1. The molecule has 1 aromatic rings. The molecule has 126 valence electrons. The minimum Gasteiger partial charge on any atom is -0.388 e. The summed E-state index contributed by atoms with van der Waals surface area (Å²) in [6.07, 6.45) is -3.73. The molecule has 1 saturated heterocycles. The summed E-state index contributed by atoms with van der Waals surface area (Å²) in [6, 6.07) is -0.819. The van der Waals surface area contributed by atoms with Gasteiger partial charge in [0.05, 0.1) is 6.61 Å². The van der Waals surface area contributed by atoms with Crippen molar-refractivity contribution >= 4 is 19.3 Å². The summed E-state index contributed by atoms with van der Waals surface area (Å²) in [5.41, 5.74) is 6.25. The minimum atomic E-state index is -4.72. The average molecular weight is 347 g/mol. The Morgan fingerprint density at radius 2 is 2.04 bits per heavy atom. The molecule has 5 atom stereocenters. The molecule has 6 N–H and O–H groups in total. The Morgan fingerprint density at radius 1 is 1.30 bits per heavy atom. The molecule has 0 aliphatic carbocycles. The molecular formula is C10H14N5O7P. The number of phosphoric ester groups is 1. The molecule has 0 spiro atoms. The number of nitrogen functional groups attached to an aromatic ring is 1. The van der Waals surface area contributed by atoms with E-state index in [0.29, 0.717) is 5.69 Å². The first-order chi connectivity index (χ1) is 10.8. The number of aromatic nitrogens is 2. The summed E-state index contributed by atoms with van der Waals surface area (Å²) >= 11 is 0. The number of ether oxygens (including phenoxy) is 1. The van der Waals surface area contributed by atoms with Gasteiger partial charge in [-0.15, -0.1) is 5.11 Å². The molecule has 0 amide bonds. The molecule has 0 bridgehead atoms. The average Bonchev–Trinajstić information content (AvgIpc) is 3.01. The molecule has 1 fully saturated rings. The molecule has 0 radical (unpaired) electrons. The third-order valence-electron chi connectivity index (χ3n) is 3.56. The highest BCUT2D eigenvalue weighted by Gasteiger charge is 2.49. The van der Waals surface area contributed by atoms with Crippen molar-refractivity contribution in [2.75, 3.05) is 12.3 Å². The van der Waals surface area contributed by atoms with E-state index in [1.165, 1.54) is 6.33 Å². The predicted molar refractivity (Wildman–Crippen MR) is 72.4 cm³/mol. The number of azo groups is 1. The van der Waals surface area contributed by atoms with Gasteiger partial charge >= 0.3 is 7.82 Å². The SMILES string of the molecule is Nc1ncnc2c1N=NC2C1OC(COP(=O)(O)O)C(O)C1O. The van der Waals surface area contributed by atoms with Gasteiger partial charge < -0.3 is 30.5 Å². The van der Waals surface area contributed by atoms with Crippen molar-refractivity contribution in [2.24, 2.45) is 10.2 Å². The fraction of sp³-hybridized carbons (Fsp3) is 0.600. The van der Waals surface area contributed by atoms with Crippen molar-refractivity contribution in [1.82, 2.24) is 9.97 Å². The lowest BCUT2D eigenvalue weighted by Crippen LogP contribution is -2.35. The van der Waals surface area contributed by atoms with Crippen LogP contribution in [0.5, 0.6) is 0 Å². The van der Waals surface area contributed by atoms with E-state index in [0.717, 1.165) is 0 Å². The highest BCUT2D eigenvalue weighted by atomic mass is 31.2. The second-order valence-corrected chi connectivity index (χ2v) is 6.30. The fourth-order valence-corrected chi connectivity index (χ4v) is 2.81. The van der Waals surface area contributed by atoms with E-state index in [1.54, 1.807) is 0 Å². The molecule has 3 rings (SSSR count). The summed E-state index contributed by atoms with van der Waals surface area (Å²) in [5, 5.41) is 27.8. The maximum absolute atomic E-state index is 10.7. The first-order valence-electron chi connectivity index (χ1n) is 6.51. The smallest absolute Gasteiger partial charge is 0.388 e. The summed E-state index contributed by atoms with van der Waals surface area (Å²) in [7, 11) is -4.72. The molecule has 2 aliphatic rings. The van der Waals surface area contributed by atoms with Crippen LogP contribution in [0.15, 0.2) is 16.6 Å². The lowest BCUT2D eigenvalue weighted by atomic mass is 10.00. The maximum Gasteiger partial charge on any atom is 0.469 e. The van der Waals surface area contributed by atoms with Gasteiger partial charge in [-0.3, -0.25) is 4.52 Å². The topological polar surface area (TPSA) is 193 Å². The van der Waals surface area contributed by atoms with Crippen molar-refractivity contribution < 1.29 is 33.8 Å². The van der Waals surface area contributed by atoms with Crippen molar-refractivity contribution in [3.05, 3.63) is 12.0 Å². The molecule has 13 heteroatoms. The van der Waals surface area contributed by atoms with Gasteiger partial charge in [0.2, 0.25) is 0 Å². The van der Waals surface area contributed by atoms with Gasteiger partial charge in [0.25, 0.3) is 0 Å². The molecule has 3 heterocycles. The van der Waals surface area contributed by atoms with Crippen LogP contribution in [0.3, 0.4) is 0 Å². The first kappa shape index (κ1) is 16.3. The van der Waals surface area contributed by atoms with Crippen LogP contribution in [0, 0.1) is 0 Å². The van der Waals surface area contributed by atoms with E-state index >= 15 is 0 Å². The van der Waals surface area contributed by atoms with E-state index < -0.39 is 44.9 Å². The number of aliphatic hydroxyl groups is 2. The zero-order valence-electron chi connectivity index (χ0n) is 11.5. The number of anilines is 1. The van der Waals surface area contributed by atoms with Gasteiger partial charge in [-0.2, -0.15) is 5.11 Å². The summed E-state index contributed by atoms with van der Waals surface area (Å²) in [4.78, 5) is 25.2. The minimum absolute atomic E-state index is 0.121. The molecular weight excluding hydrogens is 333 g/mol. The third-order valence-corrected chi connectivity index (χ3v) is 4.04. The van der Waals surface area contributed by atoms with E-state index in [1.807, 2.05) is 0 Å². The number of rotatable bonds is 4. The van der Waals surface area contributed by atoms with Crippen LogP contribution < -0.4 is 5.73 Å². The molecule has 2 aliphatic heterocycles. The van der Waals surface area contributed by atoms with Crippen LogP contribution in [0.25, 0.3) is 0 Å². The highest BCUT2D eigenvalue weighted by molar-refractivity contribution is 7.46. The first-order valence-corrected chi connectivity index (χ1v) is 8.04. The lowest BCUT2D eigenvalue weighted by molar-refractivity contribution is -0.0293. The molecule has 12 nitrogen and oxygen atoms in total. The van der Waals surface area contributed by atoms with Gasteiger partial charge in [0.1, 0.15) is 42.5 Å². The maximum atomic E-state index is 10.7. The van der Waals surface area contributed by atoms with Crippen LogP contribution in [0.1, 0.15) is 11.7 Å². The van der Waals surface area contributed by atoms with Crippen LogP contribution in [0.4, 0.5) is 11.5 Å². The standard InChI is InChI=1S/C10H14N5O7P/c11-10-6-4(12-2-13-10)5(14-15-6)9-8(17)7(16)3(22-9)1-21-23(18,19)20/h2-3,5,7-9,16-17H,1H2,(H2,11,12,13)(H2,18,19,20). The Hall–Kier alpha value is -1.53.